The molecular weight excluding hydrogens is 280 g/mol. The maximum Gasteiger partial charge on any atom is 0.328 e. The van der Waals surface area contributed by atoms with Gasteiger partial charge in [0.15, 0.2) is 16.5 Å². The minimum atomic E-state index is -1.01. The van der Waals surface area contributed by atoms with Crippen LogP contribution < -0.4 is 0 Å². The van der Waals surface area contributed by atoms with E-state index in [1.165, 1.54) is 11.6 Å². The van der Waals surface area contributed by atoms with Crippen molar-refractivity contribution >= 4 is 21.9 Å². The number of halogens is 1. The molecule has 84 valence electrons. The third-order valence-electron chi connectivity index (χ3n) is 2.01. The number of hydrogen-bond donors (Lipinski definition) is 1. The van der Waals surface area contributed by atoms with Crippen molar-refractivity contribution in [1.82, 2.24) is 20.2 Å². The molecule has 2 heterocycles. The van der Waals surface area contributed by atoms with E-state index in [2.05, 4.69) is 31.5 Å². The summed E-state index contributed by atoms with van der Waals surface area (Å²) in [7, 11) is 0. The first-order valence-corrected chi connectivity index (χ1v) is 5.15. The lowest BCUT2D eigenvalue weighted by Crippen LogP contribution is -2.17. The summed E-state index contributed by atoms with van der Waals surface area (Å²) in [5.41, 5.74) is 0. The van der Waals surface area contributed by atoms with Gasteiger partial charge in [0.05, 0.1) is 0 Å². The molecule has 0 fully saturated rings. The molecule has 1 atom stereocenters. The Bertz CT molecular complexity index is 521. The van der Waals surface area contributed by atoms with Crippen LogP contribution in [0.1, 0.15) is 13.0 Å². The SMILES string of the molecule is CC(C(=O)O)n1nnnc1-c1ccc(Br)o1. The van der Waals surface area contributed by atoms with E-state index >= 15 is 0 Å². The van der Waals surface area contributed by atoms with Crippen LogP contribution >= 0.6 is 15.9 Å². The lowest BCUT2D eigenvalue weighted by molar-refractivity contribution is -0.140. The van der Waals surface area contributed by atoms with Gasteiger partial charge in [-0.1, -0.05) is 0 Å². The maximum atomic E-state index is 10.8. The number of rotatable bonds is 3. The highest BCUT2D eigenvalue weighted by Gasteiger charge is 2.21. The molecule has 0 aliphatic carbocycles. The summed E-state index contributed by atoms with van der Waals surface area (Å²) in [6.07, 6.45) is 0. The summed E-state index contributed by atoms with van der Waals surface area (Å²) in [6, 6.07) is 2.48. The molecular formula is C8H7BrN4O3. The van der Waals surface area contributed by atoms with Crippen LogP contribution in [0.5, 0.6) is 0 Å². The van der Waals surface area contributed by atoms with Crippen molar-refractivity contribution in [2.45, 2.75) is 13.0 Å². The van der Waals surface area contributed by atoms with Crippen LogP contribution in [0.15, 0.2) is 21.2 Å². The molecule has 16 heavy (non-hydrogen) atoms. The molecule has 0 saturated heterocycles. The molecule has 0 aliphatic heterocycles. The highest BCUT2D eigenvalue weighted by atomic mass is 79.9. The van der Waals surface area contributed by atoms with E-state index in [0.29, 0.717) is 10.4 Å². The van der Waals surface area contributed by atoms with Gasteiger partial charge in [0, 0.05) is 0 Å². The van der Waals surface area contributed by atoms with Crippen LogP contribution in [0.3, 0.4) is 0 Å². The number of furan rings is 1. The van der Waals surface area contributed by atoms with Gasteiger partial charge in [-0.15, -0.1) is 5.10 Å². The molecule has 2 aromatic heterocycles. The van der Waals surface area contributed by atoms with E-state index in [-0.39, 0.29) is 5.82 Å². The van der Waals surface area contributed by atoms with Crippen molar-refractivity contribution in [3.63, 3.8) is 0 Å². The third kappa shape index (κ3) is 1.83. The van der Waals surface area contributed by atoms with Crippen LogP contribution in [0.4, 0.5) is 0 Å². The minimum Gasteiger partial charge on any atom is -0.480 e. The Kier molecular flexibility index (Phi) is 2.73. The van der Waals surface area contributed by atoms with E-state index in [1.807, 2.05) is 0 Å². The standard InChI is InChI=1S/C8H7BrN4O3/c1-4(8(14)15)13-7(10-11-12-13)5-2-3-6(9)16-5/h2-4H,1H3,(H,14,15). The largest absolute Gasteiger partial charge is 0.480 e. The van der Waals surface area contributed by atoms with Gasteiger partial charge in [0.2, 0.25) is 5.82 Å². The predicted octanol–water partition coefficient (Wildman–Crippen LogP) is 1.34. The van der Waals surface area contributed by atoms with Crippen molar-refractivity contribution < 1.29 is 14.3 Å². The van der Waals surface area contributed by atoms with Crippen molar-refractivity contribution in [3.8, 4) is 11.6 Å². The first-order valence-electron chi connectivity index (χ1n) is 4.36. The topological polar surface area (TPSA) is 94.0 Å². The minimum absolute atomic E-state index is 0.278. The second-order valence-electron chi connectivity index (χ2n) is 3.07. The van der Waals surface area contributed by atoms with Crippen LogP contribution in [0.25, 0.3) is 11.6 Å². The zero-order valence-corrected chi connectivity index (χ0v) is 9.75. The van der Waals surface area contributed by atoms with E-state index in [0.717, 1.165) is 0 Å². The zero-order valence-electron chi connectivity index (χ0n) is 8.16. The molecule has 0 radical (unpaired) electrons. The summed E-state index contributed by atoms with van der Waals surface area (Å²) in [6.45, 7) is 1.49. The van der Waals surface area contributed by atoms with Crippen molar-refractivity contribution in [2.75, 3.05) is 0 Å². The number of nitrogens with zero attached hydrogens (tertiary/aromatic N) is 4. The Balaban J connectivity index is 2.43. The van der Waals surface area contributed by atoms with Gasteiger partial charge in [-0.2, -0.15) is 0 Å². The average Bonchev–Trinajstić information content (AvgIpc) is 2.83. The lowest BCUT2D eigenvalue weighted by atomic mass is 10.3. The van der Waals surface area contributed by atoms with E-state index in [4.69, 9.17) is 9.52 Å². The van der Waals surface area contributed by atoms with Gasteiger partial charge in [-0.25, -0.2) is 9.48 Å². The first kappa shape index (κ1) is 10.8. The molecule has 2 aromatic rings. The number of carbonyl (C=O) groups is 1. The molecule has 0 spiro atoms. The quantitative estimate of drug-likeness (QED) is 0.915. The Morgan fingerprint density at radius 1 is 1.62 bits per heavy atom. The van der Waals surface area contributed by atoms with Gasteiger partial charge in [0.25, 0.3) is 0 Å². The van der Waals surface area contributed by atoms with Crippen molar-refractivity contribution in [1.29, 1.82) is 0 Å². The number of hydrogen-bond acceptors (Lipinski definition) is 5. The third-order valence-corrected chi connectivity index (χ3v) is 2.44. The van der Waals surface area contributed by atoms with Gasteiger partial charge in [-0.05, 0) is 45.4 Å². The summed E-state index contributed by atoms with van der Waals surface area (Å²) in [5.74, 6) is -0.329. The molecule has 7 nitrogen and oxygen atoms in total. The maximum absolute atomic E-state index is 10.8. The van der Waals surface area contributed by atoms with Crippen LogP contribution in [0.2, 0.25) is 0 Å². The number of tetrazole rings is 1. The van der Waals surface area contributed by atoms with Crippen molar-refractivity contribution in [3.05, 3.63) is 16.8 Å². The summed E-state index contributed by atoms with van der Waals surface area (Å²) >= 11 is 3.15. The number of carboxylic acid groups (broad SMARTS) is 1. The highest BCUT2D eigenvalue weighted by Crippen LogP contribution is 2.24. The van der Waals surface area contributed by atoms with Crippen LogP contribution in [-0.2, 0) is 4.79 Å². The van der Waals surface area contributed by atoms with Crippen LogP contribution in [-0.4, -0.2) is 31.3 Å². The molecule has 0 aliphatic rings. The fraction of sp³-hybridized carbons (Fsp3) is 0.250. The smallest absolute Gasteiger partial charge is 0.328 e. The summed E-state index contributed by atoms with van der Waals surface area (Å²) in [5, 5.41) is 19.7. The van der Waals surface area contributed by atoms with Crippen molar-refractivity contribution in [2.24, 2.45) is 0 Å². The predicted molar refractivity (Wildman–Crippen MR) is 55.6 cm³/mol. The average molecular weight is 287 g/mol. The number of aliphatic carboxylic acids is 1. The molecule has 0 amide bonds. The molecule has 0 saturated carbocycles. The number of aromatic nitrogens is 4. The monoisotopic (exact) mass is 286 g/mol. The summed E-state index contributed by atoms with van der Waals surface area (Å²) in [4.78, 5) is 10.8. The van der Waals surface area contributed by atoms with Gasteiger partial charge < -0.3 is 9.52 Å². The fourth-order valence-corrected chi connectivity index (χ4v) is 1.46. The Morgan fingerprint density at radius 2 is 2.38 bits per heavy atom. The van der Waals surface area contributed by atoms with Gasteiger partial charge >= 0.3 is 5.97 Å². The molecule has 8 heteroatoms. The Labute approximate surface area is 98.2 Å². The highest BCUT2D eigenvalue weighted by molar-refractivity contribution is 9.10. The fourth-order valence-electron chi connectivity index (χ4n) is 1.16. The van der Waals surface area contributed by atoms with E-state index in [9.17, 15) is 4.79 Å². The Hall–Kier alpha value is -1.70. The van der Waals surface area contributed by atoms with E-state index < -0.39 is 12.0 Å². The van der Waals surface area contributed by atoms with Crippen LogP contribution in [0, 0.1) is 0 Å². The molecule has 2 rings (SSSR count). The zero-order chi connectivity index (χ0) is 11.7. The first-order chi connectivity index (χ1) is 7.59. The van der Waals surface area contributed by atoms with E-state index in [1.54, 1.807) is 12.1 Å². The summed E-state index contributed by atoms with van der Waals surface area (Å²) < 4.78 is 6.97. The second kappa shape index (κ2) is 4.05. The lowest BCUT2D eigenvalue weighted by Gasteiger charge is -2.06. The number of carboxylic acids is 1. The van der Waals surface area contributed by atoms with Gasteiger partial charge in [-0.3, -0.25) is 0 Å². The molecule has 1 unspecified atom stereocenters. The second-order valence-corrected chi connectivity index (χ2v) is 3.85. The molecule has 0 bridgehead atoms. The molecule has 1 N–H and O–H groups in total. The Morgan fingerprint density at radius 3 is 2.94 bits per heavy atom. The molecule has 0 aromatic carbocycles. The normalized spacial score (nSPS) is 12.6. The van der Waals surface area contributed by atoms with Gasteiger partial charge in [0.1, 0.15) is 0 Å².